The Morgan fingerprint density at radius 1 is 0.909 bits per heavy atom. The molecule has 2 rings (SSSR count). The number of hydrogen-bond donors (Lipinski definition) is 2. The molecule has 0 atom stereocenters. The normalized spacial score (nSPS) is 10.1. The van der Waals surface area contributed by atoms with Crippen molar-refractivity contribution < 1.29 is 14.0 Å². The number of carbonyl (C=O) groups is 2. The highest BCUT2D eigenvalue weighted by Crippen LogP contribution is 2.05. The van der Waals surface area contributed by atoms with Crippen molar-refractivity contribution in [1.82, 2.24) is 10.6 Å². The molecule has 2 aromatic carbocycles. The van der Waals surface area contributed by atoms with E-state index in [1.807, 2.05) is 31.2 Å². The molecular weight excluding hydrogens is 283 g/mol. The first-order chi connectivity index (χ1) is 10.6. The molecule has 2 N–H and O–H groups in total. The zero-order valence-corrected chi connectivity index (χ0v) is 12.2. The molecule has 0 saturated carbocycles. The molecule has 4 nitrogen and oxygen atoms in total. The highest BCUT2D eigenvalue weighted by atomic mass is 19.1. The van der Waals surface area contributed by atoms with Gasteiger partial charge in [0.1, 0.15) is 5.82 Å². The van der Waals surface area contributed by atoms with Crippen molar-refractivity contribution in [2.24, 2.45) is 0 Å². The van der Waals surface area contributed by atoms with Crippen molar-refractivity contribution in [3.8, 4) is 0 Å². The Morgan fingerprint density at radius 2 is 1.50 bits per heavy atom. The molecule has 2 amide bonds. The molecule has 0 spiro atoms. The number of hydrogen-bond acceptors (Lipinski definition) is 2. The fraction of sp³-hybridized carbons (Fsp3) is 0.176. The van der Waals surface area contributed by atoms with Crippen LogP contribution in [0.15, 0.2) is 48.5 Å². The van der Waals surface area contributed by atoms with Gasteiger partial charge in [0.15, 0.2) is 0 Å². The van der Waals surface area contributed by atoms with Crippen LogP contribution in [0.5, 0.6) is 0 Å². The van der Waals surface area contributed by atoms with Gasteiger partial charge < -0.3 is 10.6 Å². The fourth-order valence-corrected chi connectivity index (χ4v) is 1.87. The molecule has 5 heteroatoms. The van der Waals surface area contributed by atoms with Gasteiger partial charge in [0.2, 0.25) is 0 Å². The van der Waals surface area contributed by atoms with Crippen molar-refractivity contribution in [1.29, 1.82) is 0 Å². The zero-order valence-electron chi connectivity index (χ0n) is 12.2. The SMILES string of the molecule is Cc1ccc(CNC(=O)C(=O)NCc2ccccc2F)cc1. The lowest BCUT2D eigenvalue weighted by Crippen LogP contribution is -2.39. The Labute approximate surface area is 128 Å². The van der Waals surface area contributed by atoms with E-state index in [0.29, 0.717) is 5.56 Å². The predicted octanol–water partition coefficient (Wildman–Crippen LogP) is 2.07. The van der Waals surface area contributed by atoms with Gasteiger partial charge in [-0.1, -0.05) is 48.0 Å². The molecule has 0 heterocycles. The summed E-state index contributed by atoms with van der Waals surface area (Å²) in [5.41, 5.74) is 2.36. The van der Waals surface area contributed by atoms with E-state index in [0.717, 1.165) is 11.1 Å². The smallest absolute Gasteiger partial charge is 0.309 e. The number of amides is 2. The van der Waals surface area contributed by atoms with Crippen LogP contribution < -0.4 is 10.6 Å². The Hall–Kier alpha value is -2.69. The minimum Gasteiger partial charge on any atom is -0.344 e. The van der Waals surface area contributed by atoms with Crippen molar-refractivity contribution >= 4 is 11.8 Å². The van der Waals surface area contributed by atoms with E-state index in [2.05, 4.69) is 10.6 Å². The van der Waals surface area contributed by atoms with Gasteiger partial charge in [0.25, 0.3) is 0 Å². The van der Waals surface area contributed by atoms with Gasteiger partial charge in [-0.05, 0) is 18.6 Å². The van der Waals surface area contributed by atoms with Gasteiger partial charge in [-0.2, -0.15) is 0 Å². The van der Waals surface area contributed by atoms with Crippen LogP contribution in [-0.4, -0.2) is 11.8 Å². The molecule has 114 valence electrons. The largest absolute Gasteiger partial charge is 0.344 e. The van der Waals surface area contributed by atoms with Crippen LogP contribution in [0.3, 0.4) is 0 Å². The van der Waals surface area contributed by atoms with Crippen LogP contribution in [0, 0.1) is 12.7 Å². The number of benzene rings is 2. The predicted molar refractivity (Wildman–Crippen MR) is 81.3 cm³/mol. The van der Waals surface area contributed by atoms with Crippen LogP contribution in [0.2, 0.25) is 0 Å². The van der Waals surface area contributed by atoms with Crippen molar-refractivity contribution in [3.05, 3.63) is 71.0 Å². The Balaban J connectivity index is 1.81. The Morgan fingerprint density at radius 3 is 2.14 bits per heavy atom. The first-order valence-corrected chi connectivity index (χ1v) is 6.91. The molecule has 2 aromatic rings. The summed E-state index contributed by atoms with van der Waals surface area (Å²) in [6, 6.07) is 13.7. The lowest BCUT2D eigenvalue weighted by Gasteiger charge is -2.07. The van der Waals surface area contributed by atoms with E-state index in [9.17, 15) is 14.0 Å². The van der Waals surface area contributed by atoms with E-state index in [1.165, 1.54) is 6.07 Å². The summed E-state index contributed by atoms with van der Waals surface area (Å²) >= 11 is 0. The first-order valence-electron chi connectivity index (χ1n) is 6.91. The third kappa shape index (κ3) is 4.41. The van der Waals surface area contributed by atoms with Gasteiger partial charge in [-0.15, -0.1) is 0 Å². The average Bonchev–Trinajstić information content (AvgIpc) is 2.53. The molecule has 0 aromatic heterocycles. The van der Waals surface area contributed by atoms with Crippen LogP contribution in [0.25, 0.3) is 0 Å². The van der Waals surface area contributed by atoms with E-state index in [-0.39, 0.29) is 13.1 Å². The number of nitrogens with one attached hydrogen (secondary N) is 2. The maximum atomic E-state index is 13.4. The summed E-state index contributed by atoms with van der Waals surface area (Å²) in [5.74, 6) is -1.94. The summed E-state index contributed by atoms with van der Waals surface area (Å²) in [7, 11) is 0. The topological polar surface area (TPSA) is 58.2 Å². The number of carbonyl (C=O) groups excluding carboxylic acids is 2. The van der Waals surface area contributed by atoms with Crippen molar-refractivity contribution in [3.63, 3.8) is 0 Å². The third-order valence-electron chi connectivity index (χ3n) is 3.18. The molecule has 0 saturated heterocycles. The summed E-state index contributed by atoms with van der Waals surface area (Å²) < 4.78 is 13.4. The highest BCUT2D eigenvalue weighted by Gasteiger charge is 2.13. The van der Waals surface area contributed by atoms with Gasteiger partial charge in [-0.3, -0.25) is 9.59 Å². The minimum absolute atomic E-state index is 0.0243. The first kappa shape index (κ1) is 15.7. The van der Waals surface area contributed by atoms with Gasteiger partial charge in [-0.25, -0.2) is 4.39 Å². The molecule has 0 aliphatic heterocycles. The maximum Gasteiger partial charge on any atom is 0.309 e. The van der Waals surface area contributed by atoms with Gasteiger partial charge in [0, 0.05) is 18.7 Å². The summed E-state index contributed by atoms with van der Waals surface area (Å²) in [6.45, 7) is 2.22. The molecule has 0 bridgehead atoms. The van der Waals surface area contributed by atoms with Crippen LogP contribution in [-0.2, 0) is 22.7 Å². The van der Waals surface area contributed by atoms with Crippen molar-refractivity contribution in [2.75, 3.05) is 0 Å². The molecule has 0 aliphatic rings. The maximum absolute atomic E-state index is 13.4. The van der Waals surface area contributed by atoms with Gasteiger partial charge in [0.05, 0.1) is 0 Å². The third-order valence-corrected chi connectivity index (χ3v) is 3.18. The molecule has 0 unspecified atom stereocenters. The molecular formula is C17H17FN2O2. The lowest BCUT2D eigenvalue weighted by molar-refractivity contribution is -0.139. The summed E-state index contributed by atoms with van der Waals surface area (Å²) in [4.78, 5) is 23.3. The van der Waals surface area contributed by atoms with E-state index in [4.69, 9.17) is 0 Å². The molecule has 22 heavy (non-hydrogen) atoms. The van der Waals surface area contributed by atoms with Crippen LogP contribution >= 0.6 is 0 Å². The molecule has 0 fully saturated rings. The number of halogens is 1. The van der Waals surface area contributed by atoms with Crippen molar-refractivity contribution in [2.45, 2.75) is 20.0 Å². The quantitative estimate of drug-likeness (QED) is 0.849. The van der Waals surface area contributed by atoms with Gasteiger partial charge >= 0.3 is 11.8 Å². The lowest BCUT2D eigenvalue weighted by atomic mass is 10.1. The average molecular weight is 300 g/mol. The second kappa shape index (κ2) is 7.36. The standard InChI is InChI=1S/C17H17FN2O2/c1-12-6-8-13(9-7-12)10-19-16(21)17(22)20-11-14-4-2-3-5-15(14)18/h2-9H,10-11H2,1H3,(H,19,21)(H,20,22). The second-order valence-electron chi connectivity index (χ2n) is 4.94. The number of aryl methyl sites for hydroxylation is 1. The monoisotopic (exact) mass is 300 g/mol. The van der Waals surface area contributed by atoms with Crippen LogP contribution in [0.1, 0.15) is 16.7 Å². The van der Waals surface area contributed by atoms with Crippen LogP contribution in [0.4, 0.5) is 4.39 Å². The van der Waals surface area contributed by atoms with E-state index >= 15 is 0 Å². The van der Waals surface area contributed by atoms with E-state index in [1.54, 1.807) is 18.2 Å². The summed E-state index contributed by atoms with van der Waals surface area (Å²) in [5, 5.41) is 4.92. The second-order valence-corrected chi connectivity index (χ2v) is 4.94. The summed E-state index contributed by atoms with van der Waals surface area (Å²) in [6.07, 6.45) is 0. The zero-order chi connectivity index (χ0) is 15.9. The molecule has 0 aliphatic carbocycles. The number of rotatable bonds is 4. The molecule has 0 radical (unpaired) electrons. The Kier molecular flexibility index (Phi) is 5.25. The fourth-order valence-electron chi connectivity index (χ4n) is 1.87. The minimum atomic E-state index is -0.782. The van der Waals surface area contributed by atoms with E-state index < -0.39 is 17.6 Å². The Bertz CT molecular complexity index is 669. The highest BCUT2D eigenvalue weighted by molar-refractivity contribution is 6.35.